The van der Waals surface area contributed by atoms with Crippen LogP contribution in [0.1, 0.15) is 5.89 Å². The molecule has 0 saturated carbocycles. The lowest BCUT2D eigenvalue weighted by atomic mass is 10.2. The maximum absolute atomic E-state index is 12.5. The molecule has 0 aliphatic carbocycles. The molecule has 0 aliphatic heterocycles. The first kappa shape index (κ1) is 23.3. The summed E-state index contributed by atoms with van der Waals surface area (Å²) in [6, 6.07) is 7.53. The van der Waals surface area contributed by atoms with Crippen molar-refractivity contribution in [3.63, 3.8) is 0 Å². The molecule has 4 aromatic rings. The SMILES string of the molecule is COc1cc(-c2noc(COC(=O)Cn3c(=O)oc4cc([N+](=O)[O-])ccc43)n2)ccc1OC(F)F. The van der Waals surface area contributed by atoms with E-state index in [1.807, 2.05) is 0 Å². The van der Waals surface area contributed by atoms with Crippen LogP contribution in [0.15, 0.2) is 50.1 Å². The van der Waals surface area contributed by atoms with Gasteiger partial charge in [-0.15, -0.1) is 0 Å². The van der Waals surface area contributed by atoms with Gasteiger partial charge in [0.25, 0.3) is 11.6 Å². The molecule has 0 radical (unpaired) electrons. The van der Waals surface area contributed by atoms with Gasteiger partial charge in [0, 0.05) is 11.6 Å². The van der Waals surface area contributed by atoms with Crippen molar-refractivity contribution in [3.05, 3.63) is 63.0 Å². The van der Waals surface area contributed by atoms with E-state index >= 15 is 0 Å². The lowest BCUT2D eigenvalue weighted by molar-refractivity contribution is -0.384. The lowest BCUT2D eigenvalue weighted by Crippen LogP contribution is -2.21. The van der Waals surface area contributed by atoms with Crippen molar-refractivity contribution in [3.8, 4) is 22.9 Å². The van der Waals surface area contributed by atoms with Gasteiger partial charge in [-0.1, -0.05) is 5.16 Å². The zero-order chi connectivity index (χ0) is 25.1. The van der Waals surface area contributed by atoms with E-state index < -0.39 is 36.4 Å². The molecule has 0 atom stereocenters. The Morgan fingerprint density at radius 3 is 2.74 bits per heavy atom. The summed E-state index contributed by atoms with van der Waals surface area (Å²) < 4.78 is 50.3. The van der Waals surface area contributed by atoms with Crippen LogP contribution in [-0.2, 0) is 22.7 Å². The Balaban J connectivity index is 1.42. The van der Waals surface area contributed by atoms with E-state index in [-0.39, 0.29) is 40.0 Å². The van der Waals surface area contributed by atoms with Gasteiger partial charge in [0.1, 0.15) is 6.54 Å². The Kier molecular flexibility index (Phi) is 6.39. The summed E-state index contributed by atoms with van der Waals surface area (Å²) >= 11 is 0. The van der Waals surface area contributed by atoms with Crippen LogP contribution in [0.5, 0.6) is 11.5 Å². The molecule has 4 rings (SSSR count). The van der Waals surface area contributed by atoms with Gasteiger partial charge in [-0.25, -0.2) is 4.79 Å². The molecule has 0 amide bonds. The Morgan fingerprint density at radius 1 is 1.23 bits per heavy atom. The number of aromatic nitrogens is 3. The zero-order valence-electron chi connectivity index (χ0n) is 17.7. The number of benzene rings is 2. The van der Waals surface area contributed by atoms with E-state index in [1.165, 1.54) is 37.4 Å². The predicted molar refractivity (Wildman–Crippen MR) is 110 cm³/mol. The van der Waals surface area contributed by atoms with Gasteiger partial charge in [-0.2, -0.15) is 13.8 Å². The quantitative estimate of drug-likeness (QED) is 0.192. The number of carbonyl (C=O) groups is 1. The first-order chi connectivity index (χ1) is 16.7. The Hall–Kier alpha value is -4.82. The molecule has 2 heterocycles. The molecule has 2 aromatic carbocycles. The highest BCUT2D eigenvalue weighted by Gasteiger charge is 2.19. The number of carbonyl (C=O) groups excluding carboxylic acids is 1. The van der Waals surface area contributed by atoms with Crippen molar-refractivity contribution in [2.24, 2.45) is 0 Å². The van der Waals surface area contributed by atoms with Crippen LogP contribution < -0.4 is 15.2 Å². The van der Waals surface area contributed by atoms with Gasteiger partial charge in [-0.05, 0) is 24.3 Å². The number of hydrogen-bond donors (Lipinski definition) is 0. The molecule has 0 spiro atoms. The number of nitro benzene ring substituents is 1. The minimum absolute atomic E-state index is 0.0173. The van der Waals surface area contributed by atoms with Crippen LogP contribution in [0.4, 0.5) is 14.5 Å². The number of methoxy groups -OCH3 is 1. The highest BCUT2D eigenvalue weighted by molar-refractivity contribution is 5.78. The Bertz CT molecular complexity index is 1460. The number of hydrogen-bond acceptors (Lipinski definition) is 11. The van der Waals surface area contributed by atoms with Crippen LogP contribution in [0.25, 0.3) is 22.5 Å². The van der Waals surface area contributed by atoms with Crippen LogP contribution in [-0.4, -0.2) is 39.3 Å². The minimum Gasteiger partial charge on any atom is -0.493 e. The number of non-ortho nitro benzene ring substituents is 1. The fraction of sp³-hybridized carbons (Fsp3) is 0.200. The average molecular weight is 492 g/mol. The molecule has 0 saturated heterocycles. The zero-order valence-corrected chi connectivity index (χ0v) is 17.7. The predicted octanol–water partition coefficient (Wildman–Crippen LogP) is 2.91. The molecular formula is C20H14F2N4O9. The molecule has 35 heavy (non-hydrogen) atoms. The maximum Gasteiger partial charge on any atom is 0.420 e. The molecule has 13 nitrogen and oxygen atoms in total. The summed E-state index contributed by atoms with van der Waals surface area (Å²) in [6.45, 7) is -3.99. The number of rotatable bonds is 9. The van der Waals surface area contributed by atoms with E-state index in [1.54, 1.807) is 0 Å². The highest BCUT2D eigenvalue weighted by atomic mass is 19.3. The van der Waals surface area contributed by atoms with Gasteiger partial charge in [0.15, 0.2) is 23.7 Å². The first-order valence-electron chi connectivity index (χ1n) is 9.64. The third kappa shape index (κ3) is 5.07. The summed E-state index contributed by atoms with van der Waals surface area (Å²) in [4.78, 5) is 38.5. The normalized spacial score (nSPS) is 11.1. The molecule has 0 fully saturated rings. The third-order valence-electron chi connectivity index (χ3n) is 4.61. The van der Waals surface area contributed by atoms with E-state index in [4.69, 9.17) is 18.4 Å². The van der Waals surface area contributed by atoms with Gasteiger partial charge in [-0.3, -0.25) is 19.5 Å². The lowest BCUT2D eigenvalue weighted by Gasteiger charge is -2.10. The molecule has 15 heteroatoms. The fourth-order valence-corrected chi connectivity index (χ4v) is 3.07. The Labute approximate surface area is 192 Å². The van der Waals surface area contributed by atoms with Crippen LogP contribution >= 0.6 is 0 Å². The number of fused-ring (bicyclic) bond motifs is 1. The van der Waals surface area contributed by atoms with Crippen molar-refractivity contribution < 1.29 is 41.6 Å². The summed E-state index contributed by atoms with van der Waals surface area (Å²) in [5, 5.41) is 14.6. The average Bonchev–Trinajstić information content (AvgIpc) is 3.41. The van der Waals surface area contributed by atoms with Crippen molar-refractivity contribution >= 4 is 22.8 Å². The second kappa shape index (κ2) is 9.58. The smallest absolute Gasteiger partial charge is 0.420 e. The maximum atomic E-state index is 12.5. The Morgan fingerprint density at radius 2 is 2.03 bits per heavy atom. The van der Waals surface area contributed by atoms with Crippen molar-refractivity contribution in [2.75, 3.05) is 7.11 Å². The number of oxazole rings is 1. The van der Waals surface area contributed by atoms with Gasteiger partial charge in [0.05, 0.1) is 23.6 Å². The number of alkyl halides is 2. The highest BCUT2D eigenvalue weighted by Crippen LogP contribution is 2.32. The molecular weight excluding hydrogens is 478 g/mol. The fourth-order valence-electron chi connectivity index (χ4n) is 3.07. The van der Waals surface area contributed by atoms with Crippen molar-refractivity contribution in [2.45, 2.75) is 19.8 Å². The molecule has 0 aliphatic rings. The summed E-state index contributed by atoms with van der Waals surface area (Å²) in [7, 11) is 1.27. The van der Waals surface area contributed by atoms with Crippen LogP contribution in [0, 0.1) is 10.1 Å². The number of nitro groups is 1. The standard InChI is InChI=1S/C20H14F2N4O9/c1-31-15-6-10(2-5-13(15)33-19(21)22)18-23-16(35-24-18)9-32-17(27)8-25-12-4-3-11(26(29)30)7-14(12)34-20(25)28/h2-7,19H,8-9H2,1H3. The van der Waals surface area contributed by atoms with Crippen LogP contribution in [0.3, 0.4) is 0 Å². The second-order valence-electron chi connectivity index (χ2n) is 6.78. The van der Waals surface area contributed by atoms with E-state index in [0.717, 1.165) is 10.6 Å². The molecule has 2 aromatic heterocycles. The molecule has 182 valence electrons. The van der Waals surface area contributed by atoms with Gasteiger partial charge >= 0.3 is 18.3 Å². The topological polar surface area (TPSA) is 162 Å². The van der Waals surface area contributed by atoms with Crippen LogP contribution in [0.2, 0.25) is 0 Å². The largest absolute Gasteiger partial charge is 0.493 e. The molecule has 0 unspecified atom stereocenters. The van der Waals surface area contributed by atoms with Gasteiger partial charge in [0.2, 0.25) is 5.82 Å². The first-order valence-corrected chi connectivity index (χ1v) is 9.64. The summed E-state index contributed by atoms with van der Waals surface area (Å²) in [5.41, 5.74) is 0.196. The van der Waals surface area contributed by atoms with E-state index in [9.17, 15) is 28.5 Å². The summed E-state index contributed by atoms with van der Waals surface area (Å²) in [6.07, 6.45) is 0. The number of ether oxygens (including phenoxy) is 3. The van der Waals surface area contributed by atoms with Crippen molar-refractivity contribution in [1.82, 2.24) is 14.7 Å². The van der Waals surface area contributed by atoms with Crippen molar-refractivity contribution in [1.29, 1.82) is 0 Å². The molecule has 0 N–H and O–H groups in total. The van der Waals surface area contributed by atoms with E-state index in [2.05, 4.69) is 14.9 Å². The summed E-state index contributed by atoms with van der Waals surface area (Å²) in [5.74, 6) is -1.92. The number of nitrogens with zero attached hydrogens (tertiary/aromatic N) is 4. The number of esters is 1. The second-order valence-corrected chi connectivity index (χ2v) is 6.78. The van der Waals surface area contributed by atoms with Gasteiger partial charge < -0.3 is 23.2 Å². The third-order valence-corrected chi connectivity index (χ3v) is 4.61. The minimum atomic E-state index is -3.03. The molecule has 0 bridgehead atoms. The monoisotopic (exact) mass is 492 g/mol. The number of halogens is 2. The van der Waals surface area contributed by atoms with E-state index in [0.29, 0.717) is 5.56 Å².